The fourth-order valence-electron chi connectivity index (χ4n) is 3.00. The number of hydrogen-bond donors (Lipinski definition) is 2. The predicted octanol–water partition coefficient (Wildman–Crippen LogP) is 5.77. The third kappa shape index (κ3) is 6.77. The van der Waals surface area contributed by atoms with Gasteiger partial charge in [-0.3, -0.25) is 9.59 Å². The van der Waals surface area contributed by atoms with E-state index in [2.05, 4.69) is 26.6 Å². The molecule has 0 aromatic heterocycles. The van der Waals surface area contributed by atoms with Crippen LogP contribution in [0.25, 0.3) is 6.08 Å². The quantitative estimate of drug-likeness (QED) is 0.305. The van der Waals surface area contributed by atoms with E-state index in [4.69, 9.17) is 4.74 Å². The molecule has 3 aromatic rings. The van der Waals surface area contributed by atoms with Crippen LogP contribution in [0.5, 0.6) is 5.75 Å². The second kappa shape index (κ2) is 11.3. The monoisotopic (exact) mass is 521 g/mol. The minimum Gasteiger partial charge on any atom is -0.483 e. The first kappa shape index (κ1) is 24.7. The Balaban J connectivity index is 1.75. The number of nitriles is 1. The molecule has 0 fully saturated rings. The number of hydrogen-bond acceptors (Lipinski definition) is 4. The van der Waals surface area contributed by atoms with Crippen LogP contribution in [0.2, 0.25) is 0 Å². The van der Waals surface area contributed by atoms with Crippen molar-refractivity contribution in [2.24, 2.45) is 0 Å². The van der Waals surface area contributed by atoms with Gasteiger partial charge < -0.3 is 15.4 Å². The van der Waals surface area contributed by atoms with Gasteiger partial charge in [0.1, 0.15) is 23.2 Å². The van der Waals surface area contributed by atoms with E-state index in [1.54, 1.807) is 18.2 Å². The first-order valence-electron chi connectivity index (χ1n) is 10.2. The number of halogens is 2. The summed E-state index contributed by atoms with van der Waals surface area (Å²) in [5.41, 5.74) is 3.24. The van der Waals surface area contributed by atoms with E-state index >= 15 is 0 Å². The molecule has 0 unspecified atom stereocenters. The summed E-state index contributed by atoms with van der Waals surface area (Å²) in [6, 6.07) is 17.8. The minimum absolute atomic E-state index is 0.188. The Kier molecular flexibility index (Phi) is 8.17. The van der Waals surface area contributed by atoms with Gasteiger partial charge in [0.2, 0.25) is 0 Å². The number of nitrogens with zero attached hydrogens (tertiary/aromatic N) is 1. The van der Waals surface area contributed by atoms with Gasteiger partial charge in [-0.2, -0.15) is 5.26 Å². The molecule has 2 N–H and O–H groups in total. The maximum absolute atomic E-state index is 13.1. The lowest BCUT2D eigenvalue weighted by atomic mass is 10.1. The second-order valence-corrected chi connectivity index (χ2v) is 8.38. The Labute approximate surface area is 205 Å². The van der Waals surface area contributed by atoms with Gasteiger partial charge in [0.15, 0.2) is 6.61 Å². The number of amides is 2. The molecule has 8 heteroatoms. The molecule has 3 rings (SSSR count). The first-order valence-corrected chi connectivity index (χ1v) is 11.0. The van der Waals surface area contributed by atoms with Crippen LogP contribution >= 0.6 is 15.9 Å². The second-order valence-electron chi connectivity index (χ2n) is 7.47. The Morgan fingerprint density at radius 1 is 1.06 bits per heavy atom. The molecular formula is C26H21BrFN3O3. The van der Waals surface area contributed by atoms with Gasteiger partial charge in [0.05, 0.1) is 0 Å². The fourth-order valence-corrected chi connectivity index (χ4v) is 3.38. The maximum Gasteiger partial charge on any atom is 0.266 e. The molecule has 0 aliphatic heterocycles. The Morgan fingerprint density at radius 3 is 2.50 bits per heavy atom. The lowest BCUT2D eigenvalue weighted by molar-refractivity contribution is -0.118. The van der Waals surface area contributed by atoms with Crippen LogP contribution in [-0.4, -0.2) is 18.4 Å². The molecule has 0 heterocycles. The molecule has 2 amide bonds. The average molecular weight is 522 g/mol. The van der Waals surface area contributed by atoms with E-state index in [1.807, 2.05) is 38.1 Å². The highest BCUT2D eigenvalue weighted by atomic mass is 79.9. The number of benzene rings is 3. The molecule has 0 saturated carbocycles. The highest BCUT2D eigenvalue weighted by Crippen LogP contribution is 2.26. The summed E-state index contributed by atoms with van der Waals surface area (Å²) >= 11 is 3.36. The summed E-state index contributed by atoms with van der Waals surface area (Å²) in [6.07, 6.45) is 1.36. The van der Waals surface area contributed by atoms with Crippen molar-refractivity contribution in [1.82, 2.24) is 0 Å². The van der Waals surface area contributed by atoms with E-state index in [1.165, 1.54) is 30.3 Å². The number of nitrogens with one attached hydrogen (secondary N) is 2. The molecular weight excluding hydrogens is 501 g/mol. The van der Waals surface area contributed by atoms with E-state index in [9.17, 15) is 19.2 Å². The molecule has 6 nitrogen and oxygen atoms in total. The van der Waals surface area contributed by atoms with Crippen molar-refractivity contribution in [2.75, 3.05) is 17.2 Å². The molecule has 0 bridgehead atoms. The van der Waals surface area contributed by atoms with Crippen LogP contribution in [0.15, 0.2) is 70.7 Å². The van der Waals surface area contributed by atoms with Crippen molar-refractivity contribution < 1.29 is 18.7 Å². The van der Waals surface area contributed by atoms with Gasteiger partial charge in [0, 0.05) is 21.4 Å². The normalized spacial score (nSPS) is 10.9. The summed E-state index contributed by atoms with van der Waals surface area (Å²) in [6.45, 7) is 3.57. The van der Waals surface area contributed by atoms with Crippen molar-refractivity contribution in [3.05, 3.63) is 93.2 Å². The minimum atomic E-state index is -0.660. The zero-order chi connectivity index (χ0) is 24.7. The van der Waals surface area contributed by atoms with Crippen molar-refractivity contribution in [3.63, 3.8) is 0 Å². The van der Waals surface area contributed by atoms with Crippen LogP contribution in [0.4, 0.5) is 15.8 Å². The average Bonchev–Trinajstić information content (AvgIpc) is 2.80. The van der Waals surface area contributed by atoms with E-state index in [0.717, 1.165) is 11.1 Å². The Hall–Kier alpha value is -3.96. The number of carbonyl (C=O) groups is 2. The van der Waals surface area contributed by atoms with Crippen LogP contribution in [0.3, 0.4) is 0 Å². The molecule has 0 saturated heterocycles. The van der Waals surface area contributed by atoms with Gasteiger partial charge >= 0.3 is 0 Å². The van der Waals surface area contributed by atoms with Crippen molar-refractivity contribution in [3.8, 4) is 11.8 Å². The highest BCUT2D eigenvalue weighted by molar-refractivity contribution is 9.10. The lowest BCUT2D eigenvalue weighted by Crippen LogP contribution is -2.21. The Morgan fingerprint density at radius 2 is 1.79 bits per heavy atom. The third-order valence-electron chi connectivity index (χ3n) is 4.76. The van der Waals surface area contributed by atoms with Gasteiger partial charge in [-0.1, -0.05) is 28.1 Å². The molecule has 0 aliphatic carbocycles. The molecule has 0 radical (unpaired) electrons. The summed E-state index contributed by atoms with van der Waals surface area (Å²) in [5.74, 6) is -1.12. The maximum atomic E-state index is 13.1. The largest absolute Gasteiger partial charge is 0.483 e. The summed E-state index contributed by atoms with van der Waals surface area (Å²) in [4.78, 5) is 25.0. The number of rotatable bonds is 7. The van der Waals surface area contributed by atoms with Crippen LogP contribution < -0.4 is 15.4 Å². The molecule has 3 aromatic carbocycles. The van der Waals surface area contributed by atoms with Gasteiger partial charge in [-0.25, -0.2) is 4.39 Å². The lowest BCUT2D eigenvalue weighted by Gasteiger charge is -2.12. The van der Waals surface area contributed by atoms with Gasteiger partial charge in [-0.15, -0.1) is 0 Å². The zero-order valence-corrected chi connectivity index (χ0v) is 20.1. The number of aryl methyl sites for hydroxylation is 2. The Bertz CT molecular complexity index is 1300. The number of anilines is 2. The molecule has 0 spiro atoms. The predicted molar refractivity (Wildman–Crippen MR) is 133 cm³/mol. The van der Waals surface area contributed by atoms with E-state index < -0.39 is 11.7 Å². The van der Waals surface area contributed by atoms with E-state index in [-0.39, 0.29) is 18.1 Å². The topological polar surface area (TPSA) is 91.2 Å². The van der Waals surface area contributed by atoms with Gasteiger partial charge in [0.25, 0.3) is 11.8 Å². The SMILES string of the molecule is Cc1ccc(C)c(NC(=O)COc2ccc(Br)cc2/C=C(\C#N)C(=O)Nc2ccc(F)cc2)c1. The molecule has 172 valence electrons. The number of ether oxygens (including phenoxy) is 1. The molecule has 0 aliphatic rings. The summed E-state index contributed by atoms with van der Waals surface area (Å²) in [5, 5.41) is 14.9. The standard InChI is InChI=1S/C26H21BrFN3O3/c1-16-3-4-17(2)23(11-16)31-25(32)15-34-24-10-5-20(27)13-18(24)12-19(14-29)26(33)30-22-8-6-21(28)7-9-22/h3-13H,15H2,1-2H3,(H,30,33)(H,31,32)/b19-12+. The number of carbonyl (C=O) groups excluding carboxylic acids is 2. The van der Waals surface area contributed by atoms with Crippen LogP contribution in [-0.2, 0) is 9.59 Å². The third-order valence-corrected chi connectivity index (χ3v) is 5.26. The zero-order valence-electron chi connectivity index (χ0n) is 18.5. The van der Waals surface area contributed by atoms with Crippen molar-refractivity contribution in [1.29, 1.82) is 5.26 Å². The van der Waals surface area contributed by atoms with Gasteiger partial charge in [-0.05, 0) is 79.6 Å². The highest BCUT2D eigenvalue weighted by Gasteiger charge is 2.13. The van der Waals surface area contributed by atoms with Crippen molar-refractivity contribution in [2.45, 2.75) is 13.8 Å². The summed E-state index contributed by atoms with van der Waals surface area (Å²) in [7, 11) is 0. The fraction of sp³-hybridized carbons (Fsp3) is 0.115. The smallest absolute Gasteiger partial charge is 0.266 e. The summed E-state index contributed by atoms with van der Waals surface area (Å²) < 4.78 is 19.5. The van der Waals surface area contributed by atoms with Crippen LogP contribution in [0.1, 0.15) is 16.7 Å². The molecule has 0 atom stereocenters. The van der Waals surface area contributed by atoms with E-state index in [0.29, 0.717) is 27.2 Å². The molecule has 34 heavy (non-hydrogen) atoms. The van der Waals surface area contributed by atoms with Crippen LogP contribution in [0, 0.1) is 31.0 Å². The first-order chi connectivity index (χ1) is 16.2. The van der Waals surface area contributed by atoms with Crippen molar-refractivity contribution >= 4 is 45.2 Å².